The van der Waals surface area contributed by atoms with Gasteiger partial charge in [0, 0.05) is 35.6 Å². The summed E-state index contributed by atoms with van der Waals surface area (Å²) in [6.45, 7) is 13.9. The molecule has 0 aromatic heterocycles. The van der Waals surface area contributed by atoms with Gasteiger partial charge in [0.25, 0.3) is 0 Å². The van der Waals surface area contributed by atoms with Gasteiger partial charge in [0.15, 0.2) is 0 Å². The Morgan fingerprint density at radius 3 is 2.06 bits per heavy atom. The van der Waals surface area contributed by atoms with E-state index in [1.165, 1.54) is 0 Å². The fourth-order valence-electron chi connectivity index (χ4n) is 6.51. The Kier molecular flexibility index (Phi) is 9.43. The normalized spacial score (nSPS) is 22.5. The van der Waals surface area contributed by atoms with E-state index in [0.29, 0.717) is 30.7 Å². The molecule has 5 heterocycles. The van der Waals surface area contributed by atoms with Crippen molar-refractivity contribution in [3.8, 4) is 0 Å². The summed E-state index contributed by atoms with van der Waals surface area (Å²) in [7, 11) is 0. The highest BCUT2D eigenvalue weighted by Gasteiger charge is 2.42. The molecular weight excluding hydrogens is 594 g/mol. The van der Waals surface area contributed by atoms with Crippen LogP contribution in [0.4, 0.5) is 0 Å². The van der Waals surface area contributed by atoms with Crippen molar-refractivity contribution < 1.29 is 24.6 Å². The lowest BCUT2D eigenvalue weighted by Crippen LogP contribution is -2.45. The largest absolute Gasteiger partial charge is 0.481 e. The minimum absolute atomic E-state index is 0.0443. The van der Waals surface area contributed by atoms with E-state index in [4.69, 9.17) is 20.0 Å². The van der Waals surface area contributed by atoms with Gasteiger partial charge >= 0.3 is 11.9 Å². The highest BCUT2D eigenvalue weighted by atomic mass is 16.4. The highest BCUT2D eigenvalue weighted by molar-refractivity contribution is 6.17. The standard InChI is InChI=1S/C37H43N5O5/c1-8-19(2)35(36(46)47)42-33(43)11-10-26-31-17-30-25(9-12-34(44)45)22(5)29(40-30)16-24-13-20(3)27(38-24)15-23-14-21(4)28(39-23)18-32(41-31)37(26,6)7/h13-19,26,35H,8-12H2,1-7H3,(H,42,43)(H,44,45)(H,46,47)/t19-,26-,35+/m0/s1. The number of fused-ring (bicyclic) bond motifs is 4. The van der Waals surface area contributed by atoms with Crippen LogP contribution < -0.4 is 5.32 Å². The number of allylic oxidation sites excluding steroid dienone is 11. The molecule has 8 bridgehead atoms. The molecule has 10 nitrogen and oxygen atoms in total. The van der Waals surface area contributed by atoms with Crippen LogP contribution >= 0.6 is 0 Å². The van der Waals surface area contributed by atoms with Gasteiger partial charge in [-0.1, -0.05) is 34.1 Å². The lowest BCUT2D eigenvalue weighted by molar-refractivity contribution is -0.143. The SMILES string of the molecule is CC[C@H](C)[C@@H](NC(=O)CC[C@H]1C2=NC(=CC3=NC(=CC4=NC(=CC5=NC(=C2)C(CCC(=O)O)=C5C)C=C4C)C=C3C)C1(C)C)C(=O)O. The Bertz CT molecular complexity index is 1790. The van der Waals surface area contributed by atoms with Gasteiger partial charge in [0.05, 0.1) is 34.2 Å². The maximum absolute atomic E-state index is 13.1. The maximum atomic E-state index is 13.1. The predicted molar refractivity (Wildman–Crippen MR) is 185 cm³/mol. The van der Waals surface area contributed by atoms with Crippen LogP contribution in [0, 0.1) is 17.3 Å². The number of carbonyl (C=O) groups excluding carboxylic acids is 1. The number of hydrogen-bond acceptors (Lipinski definition) is 7. The molecule has 10 heteroatoms. The van der Waals surface area contributed by atoms with Crippen molar-refractivity contribution in [2.24, 2.45) is 37.2 Å². The van der Waals surface area contributed by atoms with E-state index >= 15 is 0 Å². The highest BCUT2D eigenvalue weighted by Crippen LogP contribution is 2.46. The average molecular weight is 638 g/mol. The zero-order chi connectivity index (χ0) is 34.2. The molecule has 3 atom stereocenters. The van der Waals surface area contributed by atoms with Crippen molar-refractivity contribution in [1.29, 1.82) is 0 Å². The zero-order valence-electron chi connectivity index (χ0n) is 28.1. The third-order valence-electron chi connectivity index (χ3n) is 9.73. The summed E-state index contributed by atoms with van der Waals surface area (Å²) in [5.41, 5.74) is 9.31. The van der Waals surface area contributed by atoms with Crippen LogP contribution in [-0.4, -0.2) is 56.9 Å². The predicted octanol–water partition coefficient (Wildman–Crippen LogP) is 6.47. The molecule has 0 saturated carbocycles. The van der Waals surface area contributed by atoms with E-state index in [1.54, 1.807) is 0 Å². The van der Waals surface area contributed by atoms with Gasteiger partial charge in [0.1, 0.15) is 6.04 Å². The minimum Gasteiger partial charge on any atom is -0.481 e. The smallest absolute Gasteiger partial charge is 0.326 e. The number of amides is 1. The van der Waals surface area contributed by atoms with E-state index < -0.39 is 23.4 Å². The van der Waals surface area contributed by atoms with E-state index in [-0.39, 0.29) is 30.6 Å². The van der Waals surface area contributed by atoms with E-state index in [9.17, 15) is 24.6 Å². The Morgan fingerprint density at radius 2 is 1.47 bits per heavy atom. The fourth-order valence-corrected chi connectivity index (χ4v) is 6.51. The molecule has 0 fully saturated rings. The number of aliphatic imine (C=N–C) groups is 4. The van der Waals surface area contributed by atoms with Gasteiger partial charge in [-0.15, -0.1) is 0 Å². The molecule has 5 rings (SSSR count). The fraction of sp³-hybridized carbons (Fsp3) is 0.432. The number of carbonyl (C=O) groups is 3. The summed E-state index contributed by atoms with van der Waals surface area (Å²) in [6.07, 6.45) is 13.3. The molecular formula is C37H43N5O5. The molecule has 0 spiro atoms. The maximum Gasteiger partial charge on any atom is 0.326 e. The Balaban J connectivity index is 1.59. The van der Waals surface area contributed by atoms with Crippen LogP contribution in [0.25, 0.3) is 0 Å². The van der Waals surface area contributed by atoms with Gasteiger partial charge in [-0.05, 0) is 98.3 Å². The van der Waals surface area contributed by atoms with Crippen LogP contribution in [-0.2, 0) is 14.4 Å². The summed E-state index contributed by atoms with van der Waals surface area (Å²) >= 11 is 0. The van der Waals surface area contributed by atoms with Gasteiger partial charge in [-0.25, -0.2) is 19.8 Å². The van der Waals surface area contributed by atoms with Crippen LogP contribution in [0.15, 0.2) is 102 Å². The molecule has 0 unspecified atom stereocenters. The third kappa shape index (κ3) is 7.01. The van der Waals surface area contributed by atoms with Gasteiger partial charge < -0.3 is 15.5 Å². The van der Waals surface area contributed by atoms with E-state index in [1.807, 2.05) is 71.1 Å². The molecule has 3 N–H and O–H groups in total. The molecule has 0 radical (unpaired) electrons. The number of nitrogens with zero attached hydrogens (tertiary/aromatic N) is 4. The molecule has 0 aromatic rings. The van der Waals surface area contributed by atoms with Crippen molar-refractivity contribution in [3.05, 3.63) is 81.5 Å². The topological polar surface area (TPSA) is 153 Å². The average Bonchev–Trinajstić information content (AvgIpc) is 3.67. The van der Waals surface area contributed by atoms with Crippen molar-refractivity contribution in [2.75, 3.05) is 0 Å². The second-order valence-electron chi connectivity index (χ2n) is 13.5. The number of rotatable bonds is 10. The second-order valence-corrected chi connectivity index (χ2v) is 13.5. The van der Waals surface area contributed by atoms with Crippen LogP contribution in [0.3, 0.4) is 0 Å². The van der Waals surface area contributed by atoms with Crippen molar-refractivity contribution >= 4 is 40.7 Å². The number of nitrogens with one attached hydrogen (secondary N) is 1. The molecule has 0 aromatic carbocycles. The Labute approximate surface area is 275 Å². The summed E-state index contributed by atoms with van der Waals surface area (Å²) in [5.74, 6) is -2.68. The van der Waals surface area contributed by atoms with Crippen LogP contribution in [0.2, 0.25) is 0 Å². The van der Waals surface area contributed by atoms with E-state index in [2.05, 4.69) is 19.2 Å². The summed E-state index contributed by atoms with van der Waals surface area (Å²) < 4.78 is 0. The number of hydrogen-bond donors (Lipinski definition) is 3. The first-order chi connectivity index (χ1) is 22.2. The molecule has 0 saturated heterocycles. The van der Waals surface area contributed by atoms with Crippen molar-refractivity contribution in [3.63, 3.8) is 0 Å². The number of carboxylic acids is 2. The Morgan fingerprint density at radius 1 is 0.851 bits per heavy atom. The van der Waals surface area contributed by atoms with Crippen LogP contribution in [0.1, 0.15) is 80.6 Å². The molecule has 1 amide bonds. The van der Waals surface area contributed by atoms with Gasteiger partial charge in [0.2, 0.25) is 5.91 Å². The lowest BCUT2D eigenvalue weighted by Gasteiger charge is -2.29. The summed E-state index contributed by atoms with van der Waals surface area (Å²) in [6, 6.07) is -0.959. The first-order valence-electron chi connectivity index (χ1n) is 16.2. The van der Waals surface area contributed by atoms with E-state index in [0.717, 1.165) is 56.5 Å². The van der Waals surface area contributed by atoms with Crippen molar-refractivity contribution in [1.82, 2.24) is 5.32 Å². The molecule has 5 aliphatic rings. The molecule has 246 valence electrons. The van der Waals surface area contributed by atoms with Gasteiger partial charge in [-0.2, -0.15) is 0 Å². The summed E-state index contributed by atoms with van der Waals surface area (Å²) in [4.78, 5) is 56.5. The monoisotopic (exact) mass is 637 g/mol. The van der Waals surface area contributed by atoms with Crippen LogP contribution in [0.5, 0.6) is 0 Å². The first-order valence-corrected chi connectivity index (χ1v) is 16.2. The zero-order valence-corrected chi connectivity index (χ0v) is 28.1. The third-order valence-corrected chi connectivity index (χ3v) is 9.73. The van der Waals surface area contributed by atoms with Gasteiger partial charge in [-0.3, -0.25) is 14.6 Å². The number of aliphatic carboxylic acids is 2. The minimum atomic E-state index is -1.05. The second kappa shape index (κ2) is 13.2. The lowest BCUT2D eigenvalue weighted by atomic mass is 9.73. The quantitative estimate of drug-likeness (QED) is 0.251. The summed E-state index contributed by atoms with van der Waals surface area (Å²) in [5, 5.41) is 22.0. The number of carboxylic acid groups (broad SMARTS) is 2. The first kappa shape index (κ1) is 33.6. The Hall–Kier alpha value is -4.73. The molecule has 5 aliphatic heterocycles. The molecule has 0 aliphatic carbocycles. The molecule has 47 heavy (non-hydrogen) atoms. The van der Waals surface area contributed by atoms with Crippen molar-refractivity contribution in [2.45, 2.75) is 86.6 Å².